The van der Waals surface area contributed by atoms with Crippen molar-refractivity contribution in [3.05, 3.63) is 58.4 Å². The monoisotopic (exact) mass is 423 g/mol. The van der Waals surface area contributed by atoms with Crippen LogP contribution in [0.3, 0.4) is 0 Å². The smallest absolute Gasteiger partial charge is 0.338 e. The maximum atomic E-state index is 12.2. The van der Waals surface area contributed by atoms with Crippen LogP contribution in [-0.2, 0) is 14.3 Å². The van der Waals surface area contributed by atoms with Crippen molar-refractivity contribution < 1.29 is 23.9 Å². The number of carbonyl (C=O) groups is 3. The molecule has 1 aliphatic heterocycles. The highest BCUT2D eigenvalue weighted by Gasteiger charge is 2.19. The van der Waals surface area contributed by atoms with E-state index in [4.69, 9.17) is 9.47 Å². The Kier molecular flexibility index (Phi) is 5.44. The molecule has 1 aromatic heterocycles. The van der Waals surface area contributed by atoms with E-state index < -0.39 is 18.5 Å². The van der Waals surface area contributed by atoms with Gasteiger partial charge in [-0.25, -0.2) is 9.78 Å². The van der Waals surface area contributed by atoms with Crippen molar-refractivity contribution in [3.8, 4) is 17.0 Å². The largest absolute Gasteiger partial charge is 0.482 e. The molecule has 0 fully saturated rings. The minimum atomic E-state index is -0.667. The fourth-order valence-electron chi connectivity index (χ4n) is 2.87. The number of thiazole rings is 1. The zero-order chi connectivity index (χ0) is 21.1. The van der Waals surface area contributed by atoms with Gasteiger partial charge in [-0.3, -0.25) is 9.59 Å². The maximum absolute atomic E-state index is 12.2. The molecule has 8 nitrogen and oxygen atoms in total. The molecule has 0 bridgehead atoms. The second-order valence-electron chi connectivity index (χ2n) is 6.50. The van der Waals surface area contributed by atoms with Crippen LogP contribution in [0.5, 0.6) is 5.75 Å². The van der Waals surface area contributed by atoms with Gasteiger partial charge in [-0.1, -0.05) is 12.1 Å². The summed E-state index contributed by atoms with van der Waals surface area (Å²) in [6.07, 6.45) is 0. The number of benzene rings is 2. The van der Waals surface area contributed by atoms with E-state index in [1.54, 1.807) is 23.5 Å². The molecule has 1 aliphatic rings. The number of carbonyl (C=O) groups excluding carboxylic acids is 3. The van der Waals surface area contributed by atoms with Crippen LogP contribution in [0.15, 0.2) is 47.8 Å². The van der Waals surface area contributed by atoms with Crippen LogP contribution in [0.2, 0.25) is 0 Å². The van der Waals surface area contributed by atoms with Crippen molar-refractivity contribution in [1.82, 2.24) is 4.98 Å². The number of esters is 1. The van der Waals surface area contributed by atoms with Crippen LogP contribution in [-0.4, -0.2) is 36.0 Å². The van der Waals surface area contributed by atoms with Crippen molar-refractivity contribution >= 4 is 40.5 Å². The molecule has 9 heteroatoms. The lowest BCUT2D eigenvalue weighted by Crippen LogP contribution is -2.25. The van der Waals surface area contributed by atoms with E-state index in [0.29, 0.717) is 17.1 Å². The molecule has 0 aliphatic carbocycles. The van der Waals surface area contributed by atoms with Crippen LogP contribution in [0, 0.1) is 6.92 Å². The second-order valence-corrected chi connectivity index (χ2v) is 7.57. The summed E-state index contributed by atoms with van der Waals surface area (Å²) in [7, 11) is 0. The number of aryl methyl sites for hydroxylation is 1. The number of hydrogen-bond acceptors (Lipinski definition) is 7. The third kappa shape index (κ3) is 4.47. The fourth-order valence-corrected chi connectivity index (χ4v) is 3.49. The van der Waals surface area contributed by atoms with E-state index >= 15 is 0 Å². The standard InChI is InChI=1S/C21H17N3O5S/c1-12-22-17(11-30-12)13-3-2-4-15(7-13)23-19(25)10-29-21(27)14-5-6-16-18(8-14)28-9-20(26)24-16/h2-8,11H,9-10H2,1H3,(H,23,25)(H,24,26). The zero-order valence-corrected chi connectivity index (χ0v) is 16.7. The Bertz CT molecular complexity index is 1140. The van der Waals surface area contributed by atoms with Gasteiger partial charge < -0.3 is 20.1 Å². The van der Waals surface area contributed by atoms with Crippen LogP contribution >= 0.6 is 11.3 Å². The van der Waals surface area contributed by atoms with E-state index in [-0.39, 0.29) is 18.1 Å². The molecule has 2 aromatic carbocycles. The van der Waals surface area contributed by atoms with Gasteiger partial charge >= 0.3 is 5.97 Å². The number of nitrogens with one attached hydrogen (secondary N) is 2. The lowest BCUT2D eigenvalue weighted by molar-refractivity contribution is -0.119. The highest BCUT2D eigenvalue weighted by atomic mass is 32.1. The predicted molar refractivity (Wildman–Crippen MR) is 112 cm³/mol. The molecule has 0 saturated carbocycles. The van der Waals surface area contributed by atoms with Crippen molar-refractivity contribution in [3.63, 3.8) is 0 Å². The van der Waals surface area contributed by atoms with E-state index in [9.17, 15) is 14.4 Å². The van der Waals surface area contributed by atoms with Gasteiger partial charge in [0.05, 0.1) is 22.0 Å². The molecule has 2 amide bonds. The quantitative estimate of drug-likeness (QED) is 0.610. The summed E-state index contributed by atoms with van der Waals surface area (Å²) in [5, 5.41) is 8.25. The highest BCUT2D eigenvalue weighted by molar-refractivity contribution is 7.09. The van der Waals surface area contributed by atoms with Crippen LogP contribution < -0.4 is 15.4 Å². The Hall–Kier alpha value is -3.72. The second kappa shape index (κ2) is 8.34. The van der Waals surface area contributed by atoms with Gasteiger partial charge in [-0.2, -0.15) is 0 Å². The molecule has 0 radical (unpaired) electrons. The minimum absolute atomic E-state index is 0.118. The van der Waals surface area contributed by atoms with Crippen LogP contribution in [0.25, 0.3) is 11.3 Å². The van der Waals surface area contributed by atoms with Gasteiger partial charge in [0.25, 0.3) is 11.8 Å². The summed E-state index contributed by atoms with van der Waals surface area (Å²) >= 11 is 1.55. The van der Waals surface area contributed by atoms with Crippen molar-refractivity contribution in [2.45, 2.75) is 6.92 Å². The molecule has 2 N–H and O–H groups in total. The third-order valence-corrected chi connectivity index (χ3v) is 5.02. The topological polar surface area (TPSA) is 107 Å². The predicted octanol–water partition coefficient (Wildman–Crippen LogP) is 3.24. The zero-order valence-electron chi connectivity index (χ0n) is 15.9. The lowest BCUT2D eigenvalue weighted by Gasteiger charge is -2.18. The molecule has 0 atom stereocenters. The number of ether oxygens (including phenoxy) is 2. The number of aromatic nitrogens is 1. The first-order valence-corrected chi connectivity index (χ1v) is 9.92. The van der Waals surface area contributed by atoms with Gasteiger partial charge in [0.2, 0.25) is 0 Å². The van der Waals surface area contributed by atoms with Gasteiger partial charge in [0.15, 0.2) is 13.2 Å². The van der Waals surface area contributed by atoms with E-state index in [1.165, 1.54) is 12.1 Å². The SMILES string of the molecule is Cc1nc(-c2cccc(NC(=O)COC(=O)c3ccc4c(c3)OCC(=O)N4)c2)cs1. The fraction of sp³-hybridized carbons (Fsp3) is 0.143. The van der Waals surface area contributed by atoms with E-state index in [1.807, 2.05) is 30.5 Å². The Morgan fingerprint density at radius 1 is 1.27 bits per heavy atom. The number of rotatable bonds is 5. The molecule has 0 saturated heterocycles. The molecule has 30 heavy (non-hydrogen) atoms. The highest BCUT2D eigenvalue weighted by Crippen LogP contribution is 2.29. The van der Waals surface area contributed by atoms with Crippen LogP contribution in [0.4, 0.5) is 11.4 Å². The summed E-state index contributed by atoms with van der Waals surface area (Å²) < 4.78 is 10.4. The van der Waals surface area contributed by atoms with Crippen LogP contribution in [0.1, 0.15) is 15.4 Å². The Labute approximate surface area is 175 Å². The lowest BCUT2D eigenvalue weighted by atomic mass is 10.1. The number of fused-ring (bicyclic) bond motifs is 1. The van der Waals surface area contributed by atoms with Gasteiger partial charge in [0.1, 0.15) is 5.75 Å². The number of nitrogens with zero attached hydrogens (tertiary/aromatic N) is 1. The number of hydrogen-bond donors (Lipinski definition) is 2. The minimum Gasteiger partial charge on any atom is -0.482 e. The Morgan fingerprint density at radius 3 is 2.93 bits per heavy atom. The number of anilines is 2. The van der Waals surface area contributed by atoms with Gasteiger partial charge in [-0.15, -0.1) is 11.3 Å². The average molecular weight is 423 g/mol. The first-order chi connectivity index (χ1) is 14.5. The van der Waals surface area contributed by atoms with E-state index in [2.05, 4.69) is 15.6 Å². The first-order valence-electron chi connectivity index (χ1n) is 9.04. The summed E-state index contributed by atoms with van der Waals surface area (Å²) in [5.74, 6) is -1.01. The first kappa shape index (κ1) is 19.6. The summed E-state index contributed by atoms with van der Waals surface area (Å²) in [6, 6.07) is 11.8. The molecule has 0 unspecified atom stereocenters. The maximum Gasteiger partial charge on any atom is 0.338 e. The van der Waals surface area contributed by atoms with Crippen molar-refractivity contribution in [1.29, 1.82) is 0 Å². The molecule has 152 valence electrons. The Balaban J connectivity index is 1.35. The molecular weight excluding hydrogens is 406 g/mol. The molecular formula is C21H17N3O5S. The summed E-state index contributed by atoms with van der Waals surface area (Å²) in [4.78, 5) is 40.2. The number of amides is 2. The molecule has 3 aromatic rings. The van der Waals surface area contributed by atoms with Crippen molar-refractivity contribution in [2.75, 3.05) is 23.8 Å². The molecule has 0 spiro atoms. The summed E-state index contributed by atoms with van der Waals surface area (Å²) in [5.41, 5.74) is 3.01. The average Bonchev–Trinajstić information content (AvgIpc) is 3.18. The van der Waals surface area contributed by atoms with E-state index in [0.717, 1.165) is 16.3 Å². The van der Waals surface area contributed by atoms with Crippen molar-refractivity contribution in [2.24, 2.45) is 0 Å². The normalized spacial score (nSPS) is 12.4. The van der Waals surface area contributed by atoms with Gasteiger partial charge in [-0.05, 0) is 37.3 Å². The Morgan fingerprint density at radius 2 is 2.13 bits per heavy atom. The molecule has 4 rings (SSSR count). The van der Waals surface area contributed by atoms with Gasteiger partial charge in [0, 0.05) is 16.6 Å². The summed E-state index contributed by atoms with van der Waals surface area (Å²) in [6.45, 7) is 1.37. The third-order valence-electron chi connectivity index (χ3n) is 4.25. The molecule has 2 heterocycles.